The van der Waals surface area contributed by atoms with E-state index < -0.39 is 0 Å². The number of aryl methyl sites for hydroxylation is 1. The highest BCUT2D eigenvalue weighted by Crippen LogP contribution is 2.29. The van der Waals surface area contributed by atoms with Crippen LogP contribution in [0.25, 0.3) is 5.65 Å². The van der Waals surface area contributed by atoms with Gasteiger partial charge in [-0.05, 0) is 26.2 Å². The van der Waals surface area contributed by atoms with E-state index in [4.69, 9.17) is 4.74 Å². The molecule has 1 amide bonds. The number of anilines is 3. The normalized spacial score (nSPS) is 20.8. The number of carbonyl (C=O) groups is 1. The van der Waals surface area contributed by atoms with Crippen LogP contribution in [0.3, 0.4) is 0 Å². The molecule has 0 spiro atoms. The minimum Gasteiger partial charge on any atom is -0.378 e. The molecule has 6 rings (SSSR count). The van der Waals surface area contributed by atoms with Crippen molar-refractivity contribution in [2.24, 2.45) is 0 Å². The monoisotopic (exact) mass is 462 g/mol. The van der Waals surface area contributed by atoms with Crippen LogP contribution in [-0.4, -0.2) is 76.7 Å². The Balaban J connectivity index is 1.19. The van der Waals surface area contributed by atoms with Crippen LogP contribution < -0.4 is 20.4 Å². The third kappa shape index (κ3) is 4.43. The maximum atomic E-state index is 13.1. The number of pyridine rings is 1. The molecule has 34 heavy (non-hydrogen) atoms. The molecule has 3 fully saturated rings. The van der Waals surface area contributed by atoms with Gasteiger partial charge in [0.05, 0.1) is 42.7 Å². The van der Waals surface area contributed by atoms with Crippen molar-refractivity contribution in [2.75, 3.05) is 54.5 Å². The predicted octanol–water partition coefficient (Wildman–Crippen LogP) is 1.85. The SMILES string of the molecule is Cc1cn2cc(NC(=O)c3cnc(N4CC[C@@H](NC5CC5)C4)cn3)c(N3CCOCC3)cc2n1. The Kier molecular flexibility index (Phi) is 5.54. The van der Waals surface area contributed by atoms with E-state index in [1.165, 1.54) is 12.8 Å². The number of nitrogens with one attached hydrogen (secondary N) is 2. The van der Waals surface area contributed by atoms with Crippen molar-refractivity contribution in [3.8, 4) is 0 Å². The van der Waals surface area contributed by atoms with E-state index >= 15 is 0 Å². The lowest BCUT2D eigenvalue weighted by Crippen LogP contribution is -2.37. The zero-order chi connectivity index (χ0) is 23.1. The fraction of sp³-hybridized carbons (Fsp3) is 0.500. The second-order valence-corrected chi connectivity index (χ2v) is 9.41. The number of aromatic nitrogens is 4. The lowest BCUT2D eigenvalue weighted by atomic mass is 10.2. The highest BCUT2D eigenvalue weighted by Gasteiger charge is 2.30. The zero-order valence-corrected chi connectivity index (χ0v) is 19.4. The zero-order valence-electron chi connectivity index (χ0n) is 19.4. The van der Waals surface area contributed by atoms with E-state index in [0.717, 1.165) is 61.1 Å². The molecule has 3 aromatic rings. The Bertz CT molecular complexity index is 1180. The number of amides is 1. The van der Waals surface area contributed by atoms with E-state index in [-0.39, 0.29) is 5.91 Å². The van der Waals surface area contributed by atoms with Crippen LogP contribution in [0.4, 0.5) is 17.2 Å². The van der Waals surface area contributed by atoms with Crippen molar-refractivity contribution in [1.82, 2.24) is 24.7 Å². The molecule has 3 aromatic heterocycles. The van der Waals surface area contributed by atoms with Crippen LogP contribution in [0.2, 0.25) is 0 Å². The van der Waals surface area contributed by atoms with Gasteiger partial charge >= 0.3 is 0 Å². The van der Waals surface area contributed by atoms with Gasteiger partial charge in [-0.3, -0.25) is 4.79 Å². The van der Waals surface area contributed by atoms with Gasteiger partial charge in [0.1, 0.15) is 17.2 Å². The number of carbonyl (C=O) groups excluding carboxylic acids is 1. The summed E-state index contributed by atoms with van der Waals surface area (Å²) < 4.78 is 7.44. The van der Waals surface area contributed by atoms with Gasteiger partial charge in [0.2, 0.25) is 0 Å². The average Bonchev–Trinajstić information content (AvgIpc) is 3.41. The molecule has 1 aliphatic carbocycles. The second kappa shape index (κ2) is 8.84. The van der Waals surface area contributed by atoms with Gasteiger partial charge in [0.25, 0.3) is 5.91 Å². The maximum Gasteiger partial charge on any atom is 0.275 e. The minimum absolute atomic E-state index is 0.278. The summed E-state index contributed by atoms with van der Waals surface area (Å²) in [6.45, 7) is 6.70. The molecule has 0 radical (unpaired) electrons. The van der Waals surface area contributed by atoms with Crippen LogP contribution in [0.5, 0.6) is 0 Å². The summed E-state index contributed by atoms with van der Waals surface area (Å²) in [5, 5.41) is 6.74. The molecular formula is C24H30N8O2. The number of nitrogens with zero attached hydrogens (tertiary/aromatic N) is 6. The van der Waals surface area contributed by atoms with Gasteiger partial charge in [-0.1, -0.05) is 0 Å². The van der Waals surface area contributed by atoms with Gasteiger partial charge in [0.15, 0.2) is 0 Å². The van der Waals surface area contributed by atoms with Gasteiger partial charge < -0.3 is 29.6 Å². The molecule has 5 heterocycles. The standard InChI is InChI=1S/C24H30N8O2/c1-16-13-32-15-20(21(10-22(32)27-16)30-6-8-34-9-7-30)29-24(33)19-11-26-23(12-25-19)31-5-4-18(14-31)28-17-2-3-17/h10-13,15,17-18,28H,2-9,14H2,1H3,(H,29,33)/t18-/m1/s1. The minimum atomic E-state index is -0.278. The quantitative estimate of drug-likeness (QED) is 0.573. The summed E-state index contributed by atoms with van der Waals surface area (Å²) >= 11 is 0. The van der Waals surface area contributed by atoms with E-state index in [9.17, 15) is 4.79 Å². The third-order valence-corrected chi connectivity index (χ3v) is 6.72. The van der Waals surface area contributed by atoms with Gasteiger partial charge in [-0.2, -0.15) is 0 Å². The number of imidazole rings is 1. The molecular weight excluding hydrogens is 432 g/mol. The first-order chi connectivity index (χ1) is 16.6. The lowest BCUT2D eigenvalue weighted by molar-refractivity contribution is 0.102. The van der Waals surface area contributed by atoms with Crippen LogP contribution >= 0.6 is 0 Å². The van der Waals surface area contributed by atoms with Gasteiger partial charge in [0, 0.05) is 56.7 Å². The fourth-order valence-electron chi connectivity index (χ4n) is 4.79. The summed E-state index contributed by atoms with van der Waals surface area (Å²) in [7, 11) is 0. The largest absolute Gasteiger partial charge is 0.378 e. The molecule has 0 bridgehead atoms. The molecule has 178 valence electrons. The molecule has 3 aliphatic rings. The van der Waals surface area contributed by atoms with E-state index in [1.807, 2.05) is 29.8 Å². The van der Waals surface area contributed by atoms with Crippen LogP contribution in [0, 0.1) is 6.92 Å². The third-order valence-electron chi connectivity index (χ3n) is 6.72. The molecule has 2 N–H and O–H groups in total. The van der Waals surface area contributed by atoms with Crippen LogP contribution in [0.15, 0.2) is 30.9 Å². The average molecular weight is 463 g/mol. The number of ether oxygens (including phenoxy) is 1. The number of hydrogen-bond donors (Lipinski definition) is 2. The Morgan fingerprint density at radius 1 is 1.03 bits per heavy atom. The van der Waals surface area contributed by atoms with E-state index in [1.54, 1.807) is 12.4 Å². The van der Waals surface area contributed by atoms with Crippen molar-refractivity contribution in [2.45, 2.75) is 38.3 Å². The van der Waals surface area contributed by atoms with Crippen molar-refractivity contribution in [3.05, 3.63) is 42.2 Å². The fourth-order valence-corrected chi connectivity index (χ4v) is 4.79. The number of fused-ring (bicyclic) bond motifs is 1. The molecule has 10 nitrogen and oxygen atoms in total. The van der Waals surface area contributed by atoms with Crippen molar-refractivity contribution >= 4 is 28.7 Å². The highest BCUT2D eigenvalue weighted by atomic mass is 16.5. The molecule has 0 aromatic carbocycles. The van der Waals surface area contributed by atoms with Gasteiger partial charge in [-0.25, -0.2) is 15.0 Å². The van der Waals surface area contributed by atoms with Crippen molar-refractivity contribution in [3.63, 3.8) is 0 Å². The molecule has 2 saturated heterocycles. The summed E-state index contributed by atoms with van der Waals surface area (Å²) in [6.07, 6.45) is 10.8. The predicted molar refractivity (Wildman–Crippen MR) is 130 cm³/mol. The summed E-state index contributed by atoms with van der Waals surface area (Å²) in [4.78, 5) is 31.1. The first-order valence-corrected chi connectivity index (χ1v) is 12.1. The van der Waals surface area contributed by atoms with Crippen molar-refractivity contribution in [1.29, 1.82) is 0 Å². The second-order valence-electron chi connectivity index (χ2n) is 9.41. The first kappa shape index (κ1) is 21.3. The Hall–Kier alpha value is -3.24. The van der Waals surface area contributed by atoms with E-state index in [2.05, 4.69) is 35.4 Å². The van der Waals surface area contributed by atoms with E-state index in [0.29, 0.717) is 31.0 Å². The van der Waals surface area contributed by atoms with Gasteiger partial charge in [-0.15, -0.1) is 0 Å². The number of morpholine rings is 1. The topological polar surface area (TPSA) is 99.9 Å². The summed E-state index contributed by atoms with van der Waals surface area (Å²) in [6, 6.07) is 3.23. The van der Waals surface area contributed by atoms with Crippen LogP contribution in [0.1, 0.15) is 35.4 Å². The smallest absolute Gasteiger partial charge is 0.275 e. The summed E-state index contributed by atoms with van der Waals surface area (Å²) in [5.74, 6) is 0.542. The Labute approximate surface area is 198 Å². The molecule has 2 aliphatic heterocycles. The maximum absolute atomic E-state index is 13.1. The Morgan fingerprint density at radius 2 is 1.88 bits per heavy atom. The lowest BCUT2D eigenvalue weighted by Gasteiger charge is -2.30. The first-order valence-electron chi connectivity index (χ1n) is 12.1. The summed E-state index contributed by atoms with van der Waals surface area (Å²) in [5.41, 5.74) is 3.72. The van der Waals surface area contributed by atoms with Crippen molar-refractivity contribution < 1.29 is 9.53 Å². The molecule has 0 unspecified atom stereocenters. The molecule has 10 heteroatoms. The highest BCUT2D eigenvalue weighted by molar-refractivity contribution is 6.04. The number of hydrogen-bond acceptors (Lipinski definition) is 8. The molecule has 1 saturated carbocycles. The number of rotatable bonds is 6. The van der Waals surface area contributed by atoms with Crippen LogP contribution in [-0.2, 0) is 4.74 Å². The molecule has 1 atom stereocenters. The Morgan fingerprint density at radius 3 is 2.65 bits per heavy atom.